The molecule has 0 aromatic carbocycles. The van der Waals surface area contributed by atoms with Crippen molar-refractivity contribution in [3.05, 3.63) is 33.7 Å². The van der Waals surface area contributed by atoms with Crippen LogP contribution in [0.2, 0.25) is 0 Å². The number of rotatable bonds is 0. The molecule has 2 nitrogen and oxygen atoms in total. The van der Waals surface area contributed by atoms with Gasteiger partial charge in [-0.3, -0.25) is 4.79 Å². The number of hydrogen-bond acceptors (Lipinski definition) is 1. The summed E-state index contributed by atoms with van der Waals surface area (Å²) < 4.78 is 0. The number of nitrogens with one attached hydrogen (secondary N) is 1. The summed E-state index contributed by atoms with van der Waals surface area (Å²) in [6.45, 7) is 0. The fourth-order valence-electron chi connectivity index (χ4n) is 1.81. The zero-order valence-electron chi connectivity index (χ0n) is 7.34. The van der Waals surface area contributed by atoms with Gasteiger partial charge in [0.25, 0.3) is 0 Å². The molecule has 1 unspecified atom stereocenters. The van der Waals surface area contributed by atoms with E-state index in [0.29, 0.717) is 0 Å². The molecule has 13 heavy (non-hydrogen) atoms. The molecule has 0 aliphatic heterocycles. The Morgan fingerprint density at radius 3 is 3.23 bits per heavy atom. The van der Waals surface area contributed by atoms with Crippen molar-refractivity contribution in [1.29, 1.82) is 0 Å². The Bertz CT molecular complexity index is 411. The summed E-state index contributed by atoms with van der Waals surface area (Å²) in [7, 11) is 0. The van der Waals surface area contributed by atoms with Crippen molar-refractivity contribution in [2.24, 2.45) is 5.92 Å². The average Bonchev–Trinajstić information content (AvgIpc) is 2.18. The van der Waals surface area contributed by atoms with Crippen molar-refractivity contribution >= 4 is 0 Å². The van der Waals surface area contributed by atoms with Crippen molar-refractivity contribution in [3.8, 4) is 12.3 Å². The predicted octanol–water partition coefficient (Wildman–Crippen LogP) is 1.11. The first-order valence-corrected chi connectivity index (χ1v) is 4.47. The van der Waals surface area contributed by atoms with Gasteiger partial charge in [0, 0.05) is 29.4 Å². The van der Waals surface area contributed by atoms with Crippen LogP contribution >= 0.6 is 0 Å². The number of aromatic amines is 1. The number of H-pyrrole nitrogens is 1. The highest BCUT2D eigenvalue weighted by Crippen LogP contribution is 2.20. The lowest BCUT2D eigenvalue weighted by atomic mass is 9.87. The first-order chi connectivity index (χ1) is 6.31. The summed E-state index contributed by atoms with van der Waals surface area (Å²) in [4.78, 5) is 14.5. The molecule has 0 spiro atoms. The van der Waals surface area contributed by atoms with E-state index in [1.807, 2.05) is 0 Å². The second-order valence-electron chi connectivity index (χ2n) is 3.41. The normalized spacial score (nSPS) is 20.4. The van der Waals surface area contributed by atoms with Gasteiger partial charge in [0.2, 0.25) is 0 Å². The van der Waals surface area contributed by atoms with E-state index in [1.54, 1.807) is 12.3 Å². The zero-order chi connectivity index (χ0) is 9.26. The minimum absolute atomic E-state index is 0.119. The van der Waals surface area contributed by atoms with Gasteiger partial charge in [0.15, 0.2) is 5.43 Å². The summed E-state index contributed by atoms with van der Waals surface area (Å²) in [6, 6.07) is 1.57. The predicted molar refractivity (Wildman–Crippen MR) is 51.4 cm³/mol. The van der Waals surface area contributed by atoms with Crippen LogP contribution in [0.25, 0.3) is 0 Å². The van der Waals surface area contributed by atoms with E-state index >= 15 is 0 Å². The lowest BCUT2D eigenvalue weighted by Crippen LogP contribution is -2.21. The Balaban J connectivity index is 2.45. The van der Waals surface area contributed by atoms with Gasteiger partial charge >= 0.3 is 0 Å². The van der Waals surface area contributed by atoms with Crippen molar-refractivity contribution in [2.45, 2.75) is 19.3 Å². The Labute approximate surface area is 77.0 Å². The number of aryl methyl sites for hydroxylation is 1. The minimum Gasteiger partial charge on any atom is -0.365 e. The second kappa shape index (κ2) is 3.10. The minimum atomic E-state index is 0.119. The summed E-state index contributed by atoms with van der Waals surface area (Å²) >= 11 is 0. The summed E-state index contributed by atoms with van der Waals surface area (Å²) in [5.41, 5.74) is 2.07. The van der Waals surface area contributed by atoms with Crippen LogP contribution in [0.3, 0.4) is 0 Å². The van der Waals surface area contributed by atoms with Crippen LogP contribution in [0.4, 0.5) is 0 Å². The van der Waals surface area contributed by atoms with Gasteiger partial charge < -0.3 is 4.98 Å². The van der Waals surface area contributed by atoms with Gasteiger partial charge in [-0.15, -0.1) is 12.3 Å². The van der Waals surface area contributed by atoms with E-state index in [4.69, 9.17) is 6.42 Å². The summed E-state index contributed by atoms with van der Waals surface area (Å²) in [5.74, 6) is 2.97. The number of hydrogen-bond donors (Lipinski definition) is 1. The fourth-order valence-corrected chi connectivity index (χ4v) is 1.81. The van der Waals surface area contributed by atoms with Gasteiger partial charge in [0.05, 0.1) is 0 Å². The van der Waals surface area contributed by atoms with E-state index in [1.165, 1.54) is 0 Å². The molecule has 2 rings (SSSR count). The monoisotopic (exact) mass is 173 g/mol. The van der Waals surface area contributed by atoms with Crippen molar-refractivity contribution in [3.63, 3.8) is 0 Å². The fraction of sp³-hybridized carbons (Fsp3) is 0.364. The average molecular weight is 173 g/mol. The molecule has 66 valence electrons. The van der Waals surface area contributed by atoms with Crippen LogP contribution < -0.4 is 5.43 Å². The molecule has 0 fully saturated rings. The lowest BCUT2D eigenvalue weighted by Gasteiger charge is -2.19. The second-order valence-corrected chi connectivity index (χ2v) is 3.41. The van der Waals surface area contributed by atoms with E-state index in [9.17, 15) is 4.79 Å². The molecular weight excluding hydrogens is 162 g/mol. The first-order valence-electron chi connectivity index (χ1n) is 4.47. The highest BCUT2D eigenvalue weighted by Gasteiger charge is 2.18. The van der Waals surface area contributed by atoms with Crippen LogP contribution in [0.1, 0.15) is 17.7 Å². The molecule has 2 heteroatoms. The van der Waals surface area contributed by atoms with E-state index in [2.05, 4.69) is 10.9 Å². The molecule has 1 aliphatic carbocycles. The van der Waals surface area contributed by atoms with E-state index < -0.39 is 0 Å². The highest BCUT2D eigenvalue weighted by atomic mass is 16.1. The third kappa shape index (κ3) is 1.38. The number of aromatic nitrogens is 1. The zero-order valence-corrected chi connectivity index (χ0v) is 7.34. The quantitative estimate of drug-likeness (QED) is 0.586. The highest BCUT2D eigenvalue weighted by molar-refractivity contribution is 5.25. The lowest BCUT2D eigenvalue weighted by molar-refractivity contribution is 0.558. The Hall–Kier alpha value is -1.49. The molecule has 0 amide bonds. The van der Waals surface area contributed by atoms with Crippen LogP contribution in [0.5, 0.6) is 0 Å². The van der Waals surface area contributed by atoms with Crippen LogP contribution in [0, 0.1) is 18.3 Å². The van der Waals surface area contributed by atoms with E-state index in [0.717, 1.165) is 30.5 Å². The summed E-state index contributed by atoms with van der Waals surface area (Å²) in [5, 5.41) is 0. The third-order valence-corrected chi connectivity index (χ3v) is 2.58. The van der Waals surface area contributed by atoms with Gasteiger partial charge in [-0.05, 0) is 19.3 Å². The van der Waals surface area contributed by atoms with Crippen LogP contribution in [0.15, 0.2) is 17.1 Å². The van der Waals surface area contributed by atoms with Crippen molar-refractivity contribution < 1.29 is 0 Å². The molecule has 0 saturated carbocycles. The van der Waals surface area contributed by atoms with Crippen molar-refractivity contribution in [2.75, 3.05) is 0 Å². The molecule has 1 aromatic rings. The molecule has 1 aliphatic rings. The Kier molecular flexibility index (Phi) is 1.94. The molecule has 0 bridgehead atoms. The standard InChI is InChI=1S/C11H11NO/c1-2-8-3-4-10-9(7-8)11(13)5-6-12-10/h1,5-6,8H,3-4,7H2,(H,12,13). The molecule has 0 saturated heterocycles. The third-order valence-electron chi connectivity index (χ3n) is 2.58. The molecule has 1 atom stereocenters. The molecule has 0 radical (unpaired) electrons. The number of terminal acetylenes is 1. The largest absolute Gasteiger partial charge is 0.365 e. The van der Waals surface area contributed by atoms with Crippen LogP contribution in [-0.2, 0) is 12.8 Å². The summed E-state index contributed by atoms with van der Waals surface area (Å²) in [6.07, 6.45) is 9.68. The van der Waals surface area contributed by atoms with Crippen molar-refractivity contribution in [1.82, 2.24) is 4.98 Å². The van der Waals surface area contributed by atoms with E-state index in [-0.39, 0.29) is 11.3 Å². The molecule has 1 N–H and O–H groups in total. The maximum absolute atomic E-state index is 11.4. The number of pyridine rings is 1. The smallest absolute Gasteiger partial charge is 0.185 e. The molecular formula is C11H11NO. The Morgan fingerprint density at radius 2 is 2.46 bits per heavy atom. The maximum Gasteiger partial charge on any atom is 0.185 e. The first kappa shape index (κ1) is 8.12. The maximum atomic E-state index is 11.4. The van der Waals surface area contributed by atoms with Gasteiger partial charge in [0.1, 0.15) is 0 Å². The Morgan fingerprint density at radius 1 is 1.62 bits per heavy atom. The molecule has 1 heterocycles. The van der Waals surface area contributed by atoms with Gasteiger partial charge in [-0.1, -0.05) is 0 Å². The van der Waals surface area contributed by atoms with Gasteiger partial charge in [-0.25, -0.2) is 0 Å². The van der Waals surface area contributed by atoms with Gasteiger partial charge in [-0.2, -0.15) is 0 Å². The topological polar surface area (TPSA) is 32.9 Å². The van der Waals surface area contributed by atoms with Crippen LogP contribution in [-0.4, -0.2) is 4.98 Å². The SMILES string of the molecule is C#CC1CCc2[nH]ccc(=O)c2C1. The number of fused-ring (bicyclic) bond motifs is 1. The molecule has 1 aromatic heterocycles.